The molecule has 0 aliphatic carbocycles. The van der Waals surface area contributed by atoms with E-state index in [2.05, 4.69) is 19.1 Å². The van der Waals surface area contributed by atoms with Gasteiger partial charge in [-0.3, -0.25) is 0 Å². The Hall–Kier alpha value is -3.07. The number of hydrogen-bond donors (Lipinski definition) is 1. The molecule has 3 heteroatoms. The zero-order chi connectivity index (χ0) is 18.4. The monoisotopic (exact) mass is 346 g/mol. The number of aryl methyl sites for hydroxylation is 1. The molecule has 3 aromatic carbocycles. The molecule has 26 heavy (non-hydrogen) atoms. The highest BCUT2D eigenvalue weighted by molar-refractivity contribution is 5.89. The van der Waals surface area contributed by atoms with E-state index in [1.807, 2.05) is 54.6 Å². The van der Waals surface area contributed by atoms with E-state index in [4.69, 9.17) is 9.84 Å². The predicted octanol–water partition coefficient (Wildman–Crippen LogP) is 6.42. The Kier molecular flexibility index (Phi) is 5.69. The number of ether oxygens (including phenoxy) is 1. The third kappa shape index (κ3) is 3.94. The Morgan fingerprint density at radius 3 is 2.31 bits per heavy atom. The second kappa shape index (κ2) is 8.34. The molecule has 0 aliphatic heterocycles. The molecule has 0 aliphatic rings. The second-order valence-electron chi connectivity index (χ2n) is 6.17. The summed E-state index contributed by atoms with van der Waals surface area (Å²) in [6.07, 6.45) is 1.93. The molecular weight excluding hydrogens is 324 g/mol. The van der Waals surface area contributed by atoms with Crippen LogP contribution in [-0.2, 0) is 6.42 Å². The van der Waals surface area contributed by atoms with E-state index in [-0.39, 0.29) is 0 Å². The van der Waals surface area contributed by atoms with Gasteiger partial charge in [-0.15, -0.1) is 0 Å². The van der Waals surface area contributed by atoms with Crippen molar-refractivity contribution >= 4 is 6.16 Å². The highest BCUT2D eigenvalue weighted by atomic mass is 16.7. The van der Waals surface area contributed by atoms with Crippen molar-refractivity contribution in [3.63, 3.8) is 0 Å². The molecule has 0 amide bonds. The van der Waals surface area contributed by atoms with Gasteiger partial charge in [0.25, 0.3) is 0 Å². The van der Waals surface area contributed by atoms with Gasteiger partial charge in [0.2, 0.25) is 0 Å². The Balaban J connectivity index is 2.21. The highest BCUT2D eigenvalue weighted by Gasteiger charge is 2.17. The molecule has 0 spiro atoms. The number of carboxylic acid groups (broad SMARTS) is 1. The zero-order valence-corrected chi connectivity index (χ0v) is 14.8. The summed E-state index contributed by atoms with van der Waals surface area (Å²) >= 11 is 0. The van der Waals surface area contributed by atoms with Gasteiger partial charge in [0.05, 0.1) is 0 Å². The third-order valence-corrected chi connectivity index (χ3v) is 4.39. The first-order valence-electron chi connectivity index (χ1n) is 8.88. The fourth-order valence-corrected chi connectivity index (χ4v) is 3.21. The van der Waals surface area contributed by atoms with Crippen LogP contribution < -0.4 is 4.74 Å². The first-order chi connectivity index (χ1) is 12.7. The van der Waals surface area contributed by atoms with Crippen LogP contribution in [0.5, 0.6) is 5.75 Å². The molecule has 132 valence electrons. The fourth-order valence-electron chi connectivity index (χ4n) is 3.21. The Bertz CT molecular complexity index is 885. The lowest BCUT2D eigenvalue weighted by atomic mass is 9.89. The van der Waals surface area contributed by atoms with Gasteiger partial charge in [0, 0.05) is 5.56 Å². The molecule has 3 nitrogen and oxygen atoms in total. The van der Waals surface area contributed by atoms with Crippen molar-refractivity contribution in [2.24, 2.45) is 0 Å². The molecule has 0 heterocycles. The maximum atomic E-state index is 11.2. The van der Waals surface area contributed by atoms with Crippen LogP contribution in [0.1, 0.15) is 25.3 Å². The Morgan fingerprint density at radius 2 is 1.58 bits per heavy atom. The lowest BCUT2D eigenvalue weighted by Crippen LogP contribution is -2.05. The Labute approximate surface area is 153 Å². The fraction of sp³-hybridized carbons (Fsp3) is 0.174. The van der Waals surface area contributed by atoms with E-state index in [9.17, 15) is 4.79 Å². The van der Waals surface area contributed by atoms with Crippen molar-refractivity contribution in [3.05, 3.63) is 78.4 Å². The van der Waals surface area contributed by atoms with Crippen LogP contribution in [0.25, 0.3) is 22.3 Å². The van der Waals surface area contributed by atoms with Crippen molar-refractivity contribution in [1.29, 1.82) is 0 Å². The van der Waals surface area contributed by atoms with E-state index < -0.39 is 6.16 Å². The van der Waals surface area contributed by atoms with Crippen LogP contribution in [0.4, 0.5) is 4.79 Å². The largest absolute Gasteiger partial charge is 0.511 e. The average Bonchev–Trinajstić information content (AvgIpc) is 2.66. The van der Waals surface area contributed by atoms with Crippen LogP contribution in [0.2, 0.25) is 0 Å². The topological polar surface area (TPSA) is 46.5 Å². The molecule has 0 saturated heterocycles. The van der Waals surface area contributed by atoms with Crippen molar-refractivity contribution in [3.8, 4) is 28.0 Å². The molecule has 0 atom stereocenters. The molecule has 0 unspecified atom stereocenters. The summed E-state index contributed by atoms with van der Waals surface area (Å²) in [5.41, 5.74) is 5.11. The molecule has 0 aromatic heterocycles. The Morgan fingerprint density at radius 1 is 0.885 bits per heavy atom. The molecule has 3 aromatic rings. The van der Waals surface area contributed by atoms with Crippen molar-refractivity contribution in [2.45, 2.75) is 26.2 Å². The summed E-state index contributed by atoms with van der Waals surface area (Å²) in [5, 5.41) is 9.15. The van der Waals surface area contributed by atoms with E-state index in [0.717, 1.165) is 41.5 Å². The van der Waals surface area contributed by atoms with E-state index in [1.165, 1.54) is 5.56 Å². The SMILES string of the molecule is CCCCc1ccccc1-c1cccc(OC(=O)O)c1-c1ccccc1. The lowest BCUT2D eigenvalue weighted by Gasteiger charge is -2.17. The van der Waals surface area contributed by atoms with Gasteiger partial charge in [0.15, 0.2) is 0 Å². The summed E-state index contributed by atoms with van der Waals surface area (Å²) in [7, 11) is 0. The zero-order valence-electron chi connectivity index (χ0n) is 14.8. The van der Waals surface area contributed by atoms with Crippen LogP contribution in [0.3, 0.4) is 0 Å². The number of hydrogen-bond acceptors (Lipinski definition) is 2. The predicted molar refractivity (Wildman–Crippen MR) is 105 cm³/mol. The van der Waals surface area contributed by atoms with Crippen LogP contribution in [0, 0.1) is 0 Å². The van der Waals surface area contributed by atoms with Crippen molar-refractivity contribution in [2.75, 3.05) is 0 Å². The number of unbranched alkanes of at least 4 members (excludes halogenated alkanes) is 1. The molecule has 0 bridgehead atoms. The average molecular weight is 346 g/mol. The van der Waals surface area contributed by atoms with Crippen LogP contribution in [-0.4, -0.2) is 11.3 Å². The lowest BCUT2D eigenvalue weighted by molar-refractivity contribution is 0.144. The molecule has 0 radical (unpaired) electrons. The summed E-state index contributed by atoms with van der Waals surface area (Å²) in [4.78, 5) is 11.2. The van der Waals surface area contributed by atoms with Crippen molar-refractivity contribution in [1.82, 2.24) is 0 Å². The van der Waals surface area contributed by atoms with E-state index in [0.29, 0.717) is 5.75 Å². The smallest absolute Gasteiger partial charge is 0.449 e. The van der Waals surface area contributed by atoms with Gasteiger partial charge in [0.1, 0.15) is 5.75 Å². The van der Waals surface area contributed by atoms with Gasteiger partial charge in [-0.25, -0.2) is 4.79 Å². The number of benzene rings is 3. The van der Waals surface area contributed by atoms with Crippen LogP contribution in [0.15, 0.2) is 72.8 Å². The van der Waals surface area contributed by atoms with Gasteiger partial charge < -0.3 is 9.84 Å². The minimum absolute atomic E-state index is 0.353. The maximum Gasteiger partial charge on any atom is 0.511 e. The molecule has 0 fully saturated rings. The molecule has 3 rings (SSSR count). The number of carbonyl (C=O) groups is 1. The third-order valence-electron chi connectivity index (χ3n) is 4.39. The van der Waals surface area contributed by atoms with Gasteiger partial charge in [-0.1, -0.05) is 80.1 Å². The molecule has 0 saturated carbocycles. The van der Waals surface area contributed by atoms with Gasteiger partial charge >= 0.3 is 6.16 Å². The maximum absolute atomic E-state index is 11.2. The minimum Gasteiger partial charge on any atom is -0.449 e. The standard InChI is InChI=1S/C23H22O3/c1-2-3-10-17-11-7-8-14-19(17)20-15-9-16-21(26-23(24)25)22(20)18-12-5-4-6-13-18/h4-9,11-16H,2-3,10H2,1H3,(H,24,25). The van der Waals surface area contributed by atoms with E-state index >= 15 is 0 Å². The first-order valence-corrected chi connectivity index (χ1v) is 8.88. The minimum atomic E-state index is -1.31. The summed E-state index contributed by atoms with van der Waals surface area (Å²) < 4.78 is 5.10. The highest BCUT2D eigenvalue weighted by Crippen LogP contribution is 2.40. The van der Waals surface area contributed by atoms with Crippen LogP contribution >= 0.6 is 0 Å². The quantitative estimate of drug-likeness (QED) is 0.414. The van der Waals surface area contributed by atoms with Gasteiger partial charge in [-0.05, 0) is 41.2 Å². The van der Waals surface area contributed by atoms with Gasteiger partial charge in [-0.2, -0.15) is 0 Å². The summed E-state index contributed by atoms with van der Waals surface area (Å²) in [6, 6.07) is 23.7. The normalized spacial score (nSPS) is 10.5. The molecular formula is C23H22O3. The summed E-state index contributed by atoms with van der Waals surface area (Å²) in [5.74, 6) is 0.353. The summed E-state index contributed by atoms with van der Waals surface area (Å²) in [6.45, 7) is 2.18. The number of rotatable bonds is 6. The first kappa shape index (κ1) is 17.7. The second-order valence-corrected chi connectivity index (χ2v) is 6.17. The van der Waals surface area contributed by atoms with Crippen molar-refractivity contribution < 1.29 is 14.6 Å². The molecule has 1 N–H and O–H groups in total. The van der Waals surface area contributed by atoms with E-state index in [1.54, 1.807) is 6.07 Å².